The van der Waals surface area contributed by atoms with Crippen molar-refractivity contribution in [1.29, 1.82) is 0 Å². The van der Waals surface area contributed by atoms with Crippen LogP contribution in [0.3, 0.4) is 0 Å². The van der Waals surface area contributed by atoms with E-state index in [4.69, 9.17) is 27.7 Å². The minimum atomic E-state index is -0.515. The minimum Gasteiger partial charge on any atom is -0.361 e. The van der Waals surface area contributed by atoms with Crippen molar-refractivity contribution in [3.05, 3.63) is 80.3 Å². The highest BCUT2D eigenvalue weighted by atomic mass is 35.5. The number of nitrogens with zero attached hydrogens (tertiary/aromatic N) is 5. The summed E-state index contributed by atoms with van der Waals surface area (Å²) in [6, 6.07) is 6.04. The number of aromatic nitrogens is 5. The fourth-order valence-corrected chi connectivity index (χ4v) is 3.57. The van der Waals surface area contributed by atoms with Crippen LogP contribution in [0.5, 0.6) is 0 Å². The number of halogens is 3. The molecule has 0 fully saturated rings. The summed E-state index contributed by atoms with van der Waals surface area (Å²) < 4.78 is 21.6. The van der Waals surface area contributed by atoms with E-state index in [0.717, 1.165) is 11.3 Å². The Morgan fingerprint density at radius 3 is 2.50 bits per heavy atom. The highest BCUT2D eigenvalue weighted by molar-refractivity contribution is 6.33. The van der Waals surface area contributed by atoms with Gasteiger partial charge in [-0.1, -0.05) is 40.5 Å². The third-order valence-corrected chi connectivity index (χ3v) is 5.83. The Bertz CT molecular complexity index is 1290. The number of nitrogens with one attached hydrogen (secondary N) is 1. The molecule has 0 atom stereocenters. The summed E-state index contributed by atoms with van der Waals surface area (Å²) in [6.45, 7) is 6.01. The molecule has 1 N–H and O–H groups in total. The molecule has 32 heavy (non-hydrogen) atoms. The lowest BCUT2D eigenvalue weighted by Crippen LogP contribution is -2.17. The Labute approximate surface area is 192 Å². The molecule has 0 saturated heterocycles. The normalized spacial score (nSPS) is 11.2. The Morgan fingerprint density at radius 2 is 1.84 bits per heavy atom. The maximum Gasteiger partial charge on any atom is 0.279 e. The number of benzene rings is 1. The average Bonchev–Trinajstić information content (AvgIpc) is 3.36. The summed E-state index contributed by atoms with van der Waals surface area (Å²) >= 11 is 12.5. The van der Waals surface area contributed by atoms with Crippen molar-refractivity contribution in [3.8, 4) is 0 Å². The van der Waals surface area contributed by atoms with Gasteiger partial charge in [-0.05, 0) is 38.5 Å². The van der Waals surface area contributed by atoms with Gasteiger partial charge in [-0.3, -0.25) is 14.2 Å². The quantitative estimate of drug-likeness (QED) is 0.432. The van der Waals surface area contributed by atoms with Crippen LogP contribution in [-0.2, 0) is 13.1 Å². The number of carbonyl (C=O) groups is 1. The van der Waals surface area contributed by atoms with Gasteiger partial charge in [0, 0.05) is 11.8 Å². The zero-order valence-electron chi connectivity index (χ0n) is 17.5. The second kappa shape index (κ2) is 8.76. The Balaban J connectivity index is 1.53. The molecule has 0 unspecified atom stereocenters. The summed E-state index contributed by atoms with van der Waals surface area (Å²) in [6.07, 6.45) is 1.58. The van der Waals surface area contributed by atoms with Gasteiger partial charge in [-0.25, -0.2) is 4.39 Å². The van der Waals surface area contributed by atoms with E-state index in [9.17, 15) is 9.18 Å². The SMILES string of the molecule is Cc1nn(Cc2c(C(=O)Nc3nn(Cc4ccc(F)cc4)cc3Cl)noc2C)c(C)c1Cl. The van der Waals surface area contributed by atoms with Crippen LogP contribution in [0, 0.1) is 26.6 Å². The lowest BCUT2D eigenvalue weighted by Gasteiger charge is -2.06. The van der Waals surface area contributed by atoms with Crippen LogP contribution in [-0.4, -0.2) is 30.6 Å². The summed E-state index contributed by atoms with van der Waals surface area (Å²) in [7, 11) is 0. The van der Waals surface area contributed by atoms with Crippen LogP contribution in [0.4, 0.5) is 10.2 Å². The Hall–Kier alpha value is -3.17. The molecule has 0 radical (unpaired) electrons. The van der Waals surface area contributed by atoms with Crippen molar-refractivity contribution in [2.75, 3.05) is 5.32 Å². The predicted molar refractivity (Wildman–Crippen MR) is 118 cm³/mol. The van der Waals surface area contributed by atoms with Gasteiger partial charge in [0.1, 0.15) is 16.6 Å². The first-order chi connectivity index (χ1) is 15.2. The van der Waals surface area contributed by atoms with Crippen molar-refractivity contribution < 1.29 is 13.7 Å². The minimum absolute atomic E-state index is 0.107. The van der Waals surface area contributed by atoms with Crippen molar-refractivity contribution >= 4 is 34.9 Å². The first-order valence-corrected chi connectivity index (χ1v) is 10.4. The Morgan fingerprint density at radius 1 is 1.12 bits per heavy atom. The highest BCUT2D eigenvalue weighted by Gasteiger charge is 2.23. The van der Waals surface area contributed by atoms with Crippen LogP contribution in [0.1, 0.15) is 38.8 Å². The molecule has 0 aliphatic heterocycles. The monoisotopic (exact) mass is 476 g/mol. The number of anilines is 1. The molecule has 1 aromatic carbocycles. The standard InChI is InChI=1S/C21H19Cl2FN6O2/c1-11-18(23)12(2)30(26-11)9-16-13(3)32-28-19(16)21(31)25-20-17(22)10-29(27-20)8-14-4-6-15(24)7-5-14/h4-7,10H,8-9H2,1-3H3,(H,25,27,31). The fourth-order valence-electron chi connectivity index (χ4n) is 3.24. The van der Waals surface area contributed by atoms with E-state index in [-0.39, 0.29) is 28.9 Å². The van der Waals surface area contributed by atoms with Gasteiger partial charge in [0.05, 0.1) is 29.5 Å². The van der Waals surface area contributed by atoms with Gasteiger partial charge in [0.2, 0.25) is 0 Å². The number of carbonyl (C=O) groups excluding carboxylic acids is 1. The molecule has 4 aromatic rings. The van der Waals surface area contributed by atoms with Crippen molar-refractivity contribution in [1.82, 2.24) is 24.7 Å². The lowest BCUT2D eigenvalue weighted by molar-refractivity contribution is 0.101. The van der Waals surface area contributed by atoms with Crippen LogP contribution in [0.15, 0.2) is 35.0 Å². The molecule has 8 nitrogen and oxygen atoms in total. The van der Waals surface area contributed by atoms with E-state index >= 15 is 0 Å². The smallest absolute Gasteiger partial charge is 0.279 e. The van der Waals surface area contributed by atoms with Crippen LogP contribution in [0.2, 0.25) is 10.0 Å². The number of aryl methyl sites for hydroxylation is 2. The molecule has 0 aliphatic carbocycles. The molecule has 11 heteroatoms. The van der Waals surface area contributed by atoms with E-state index in [1.54, 1.807) is 34.6 Å². The summed E-state index contributed by atoms with van der Waals surface area (Å²) in [5.74, 6) is -0.161. The van der Waals surface area contributed by atoms with E-state index in [1.807, 2.05) is 13.8 Å². The third-order valence-electron chi connectivity index (χ3n) is 5.01. The maximum absolute atomic E-state index is 13.1. The fraction of sp³-hybridized carbons (Fsp3) is 0.238. The van der Waals surface area contributed by atoms with Crippen molar-refractivity contribution in [2.24, 2.45) is 0 Å². The second-order valence-electron chi connectivity index (χ2n) is 7.31. The molecule has 3 heterocycles. The zero-order chi connectivity index (χ0) is 23.0. The van der Waals surface area contributed by atoms with Crippen LogP contribution >= 0.6 is 23.2 Å². The molecule has 0 saturated carbocycles. The van der Waals surface area contributed by atoms with Gasteiger partial charge in [-0.15, -0.1) is 0 Å². The lowest BCUT2D eigenvalue weighted by atomic mass is 10.2. The summed E-state index contributed by atoms with van der Waals surface area (Å²) in [4.78, 5) is 12.9. The van der Waals surface area contributed by atoms with E-state index in [0.29, 0.717) is 28.6 Å². The number of hydrogen-bond acceptors (Lipinski definition) is 5. The molecular weight excluding hydrogens is 458 g/mol. The van der Waals surface area contributed by atoms with Crippen LogP contribution < -0.4 is 5.32 Å². The first kappa shape index (κ1) is 22.0. The number of amides is 1. The molecule has 0 bridgehead atoms. The number of hydrogen-bond donors (Lipinski definition) is 1. The maximum atomic E-state index is 13.1. The first-order valence-electron chi connectivity index (χ1n) is 9.66. The molecular formula is C21H19Cl2FN6O2. The molecule has 0 spiro atoms. The van der Waals surface area contributed by atoms with E-state index in [1.165, 1.54) is 12.1 Å². The molecule has 1 amide bonds. The molecule has 0 aliphatic rings. The molecule has 166 valence electrons. The Kier molecular flexibility index (Phi) is 6.03. The van der Waals surface area contributed by atoms with Gasteiger partial charge in [0.15, 0.2) is 11.5 Å². The second-order valence-corrected chi connectivity index (χ2v) is 8.10. The number of rotatable bonds is 6. The highest BCUT2D eigenvalue weighted by Crippen LogP contribution is 2.24. The topological polar surface area (TPSA) is 90.8 Å². The zero-order valence-corrected chi connectivity index (χ0v) is 19.0. The largest absolute Gasteiger partial charge is 0.361 e. The van der Waals surface area contributed by atoms with Crippen molar-refractivity contribution in [2.45, 2.75) is 33.9 Å². The third kappa shape index (κ3) is 4.39. The molecule has 4 rings (SSSR count). The van der Waals surface area contributed by atoms with Gasteiger partial charge >= 0.3 is 0 Å². The summed E-state index contributed by atoms with van der Waals surface area (Å²) in [5.41, 5.74) is 2.99. The van der Waals surface area contributed by atoms with Gasteiger partial charge in [0.25, 0.3) is 5.91 Å². The van der Waals surface area contributed by atoms with Crippen molar-refractivity contribution in [3.63, 3.8) is 0 Å². The van der Waals surface area contributed by atoms with E-state index < -0.39 is 5.91 Å². The van der Waals surface area contributed by atoms with Crippen LogP contribution in [0.25, 0.3) is 0 Å². The van der Waals surface area contributed by atoms with Gasteiger partial charge < -0.3 is 9.84 Å². The van der Waals surface area contributed by atoms with Gasteiger partial charge in [-0.2, -0.15) is 10.2 Å². The summed E-state index contributed by atoms with van der Waals surface area (Å²) in [5, 5.41) is 16.1. The average molecular weight is 477 g/mol. The van der Waals surface area contributed by atoms with E-state index in [2.05, 4.69) is 20.7 Å². The molecule has 3 aromatic heterocycles. The predicted octanol–water partition coefficient (Wildman–Crippen LogP) is 4.79.